The third-order valence-electron chi connectivity index (χ3n) is 12.9. The Morgan fingerprint density at radius 1 is 0.973 bits per heavy atom. The molecule has 0 bridgehead atoms. The zero-order valence-electron chi connectivity index (χ0n) is 43.7. The van der Waals surface area contributed by atoms with Crippen LogP contribution in [0.15, 0.2) is 79.0 Å². The summed E-state index contributed by atoms with van der Waals surface area (Å²) in [6.07, 6.45) is 10.9. The molecule has 2 atom stereocenters. The number of aryl methyl sites for hydroxylation is 1. The molecule has 2 saturated heterocycles. The van der Waals surface area contributed by atoms with Crippen molar-refractivity contribution < 1.29 is 38.9 Å². The summed E-state index contributed by atoms with van der Waals surface area (Å²) in [4.78, 5) is 63.3. The number of carbonyl (C=O) groups excluding carboxylic acids is 5. The number of hydrogen-bond acceptors (Lipinski definition) is 14. The molecular formula is C56H74ClN7O8S. The van der Waals surface area contributed by atoms with Gasteiger partial charge < -0.3 is 45.5 Å². The average Bonchev–Trinajstić information content (AvgIpc) is 4.01. The fraction of sp³-hybridized carbons (Fsp3) is 0.429. The molecule has 2 aliphatic heterocycles. The van der Waals surface area contributed by atoms with E-state index >= 15 is 0 Å². The number of aromatic nitrogens is 2. The van der Waals surface area contributed by atoms with Gasteiger partial charge in [0.05, 0.1) is 10.4 Å². The first-order valence-electron chi connectivity index (χ1n) is 24.9. The van der Waals surface area contributed by atoms with E-state index in [2.05, 4.69) is 78.2 Å². The number of pyridine rings is 1. The number of halogens is 1. The van der Waals surface area contributed by atoms with E-state index in [1.807, 2.05) is 72.8 Å². The van der Waals surface area contributed by atoms with Crippen molar-refractivity contribution in [3.8, 4) is 16.2 Å². The number of likely N-dealkylation sites (N-methyl/N-ethyl adjacent to an activating group) is 2. The molecule has 15 nitrogen and oxygen atoms in total. The number of carbonyl (C=O) groups is 5. The third kappa shape index (κ3) is 15.0. The Labute approximate surface area is 439 Å². The largest absolute Gasteiger partial charge is 0.483 e. The van der Waals surface area contributed by atoms with Crippen molar-refractivity contribution >= 4 is 87.5 Å². The number of rotatable bonds is 17. The first kappa shape index (κ1) is 59.4. The lowest BCUT2D eigenvalue weighted by molar-refractivity contribution is -0.122. The number of aliphatic hydroxyl groups is 2. The number of fused-ring (bicyclic) bond motifs is 2. The lowest BCUT2D eigenvalue weighted by atomic mass is 9.85. The SMILES string of the molecule is CC.CC1(C)CC(Nc2cccc(-c3sc(C=O)c(OCC=O)c3Cl)c2)CCN1.CCc1ccc2cc(N3CCC(c4ccc(N(C)C(CCC=O)C(=O)NC)c5c(C=O)cccc45)CC3)nn2c1.CO.CO. The molecule has 3 aromatic carbocycles. The number of piperidine rings is 2. The summed E-state index contributed by atoms with van der Waals surface area (Å²) < 4.78 is 7.32. The van der Waals surface area contributed by atoms with Crippen LogP contribution in [-0.4, -0.2) is 123 Å². The number of thiophene rings is 1. The number of aldehydes is 4. The van der Waals surface area contributed by atoms with Gasteiger partial charge in [0.2, 0.25) is 5.91 Å². The highest BCUT2D eigenvalue weighted by Crippen LogP contribution is 2.45. The second-order valence-electron chi connectivity index (χ2n) is 17.8. The van der Waals surface area contributed by atoms with Gasteiger partial charge in [0.15, 0.2) is 30.4 Å². The van der Waals surface area contributed by atoms with Crippen LogP contribution >= 0.6 is 22.9 Å². The molecule has 1 amide bonds. The maximum absolute atomic E-state index is 12.7. The molecule has 5 N–H and O–H groups in total. The summed E-state index contributed by atoms with van der Waals surface area (Å²) in [7, 11) is 5.46. The van der Waals surface area contributed by atoms with Crippen molar-refractivity contribution in [3.63, 3.8) is 0 Å². The Balaban J connectivity index is 0.000000305. The lowest BCUT2D eigenvalue weighted by Gasteiger charge is -2.37. The summed E-state index contributed by atoms with van der Waals surface area (Å²) in [6.45, 7) is 13.2. The second kappa shape index (κ2) is 29.5. The minimum absolute atomic E-state index is 0.119. The van der Waals surface area contributed by atoms with Gasteiger partial charge >= 0.3 is 0 Å². The van der Waals surface area contributed by atoms with E-state index in [1.165, 1.54) is 22.5 Å². The normalized spacial score (nSPS) is 15.3. The predicted octanol–water partition coefficient (Wildman–Crippen LogP) is 9.42. The molecular weight excluding hydrogens is 966 g/mol. The molecule has 0 radical (unpaired) electrons. The molecule has 394 valence electrons. The Morgan fingerprint density at radius 2 is 1.70 bits per heavy atom. The summed E-state index contributed by atoms with van der Waals surface area (Å²) in [6, 6.07) is 24.3. The van der Waals surface area contributed by atoms with Crippen molar-refractivity contribution in [1.82, 2.24) is 20.2 Å². The fourth-order valence-corrected chi connectivity index (χ4v) is 10.8. The lowest BCUT2D eigenvalue weighted by Crippen LogP contribution is -2.49. The second-order valence-corrected chi connectivity index (χ2v) is 19.3. The molecule has 0 aliphatic carbocycles. The predicted molar refractivity (Wildman–Crippen MR) is 298 cm³/mol. The van der Waals surface area contributed by atoms with Crippen molar-refractivity contribution in [1.29, 1.82) is 0 Å². The highest BCUT2D eigenvalue weighted by Gasteiger charge is 2.30. The van der Waals surface area contributed by atoms with Gasteiger partial charge in [-0.3, -0.25) is 19.2 Å². The van der Waals surface area contributed by atoms with Gasteiger partial charge in [-0.05, 0) is 111 Å². The minimum atomic E-state index is -0.522. The number of nitrogens with one attached hydrogen (secondary N) is 3. The van der Waals surface area contributed by atoms with Gasteiger partial charge in [-0.15, -0.1) is 11.3 Å². The van der Waals surface area contributed by atoms with Gasteiger partial charge in [0, 0.05) is 94.0 Å². The van der Waals surface area contributed by atoms with E-state index < -0.39 is 6.04 Å². The summed E-state index contributed by atoms with van der Waals surface area (Å²) in [5, 5.41) is 31.0. The molecule has 5 heterocycles. The van der Waals surface area contributed by atoms with Crippen molar-refractivity contribution in [2.75, 3.05) is 69.7 Å². The standard InChI is InChI=1S/C32H37N5O3.C20H23ClN2O3S.C2H6.2CH4O/c1-4-22-10-11-25-19-30(34-37(25)20-22)36-16-14-23(15-17-36)26-12-13-28(31-24(21-39)7-5-8-27(26)31)35(3)29(9-6-18-38)32(40)33-2;1-20(2)11-15(6-7-22-20)23-14-5-3-4-13(10-14)19-17(21)18(26-9-8-24)16(12-25)27-19;3*1-2/h5,7-8,10-13,18-21,23,29H,4,6,9,14-17H2,1-3H3,(H,33,40);3-5,8,10,12,15,22-23H,6-7,9,11H2,1-2H3;1-2H3;2*2H,1H3. The topological polar surface area (TPSA) is 195 Å². The van der Waals surface area contributed by atoms with Gasteiger partial charge in [-0.1, -0.05) is 74.8 Å². The first-order chi connectivity index (χ1) is 35.4. The van der Waals surface area contributed by atoms with Crippen LogP contribution in [0.4, 0.5) is 17.2 Å². The zero-order valence-corrected chi connectivity index (χ0v) is 45.3. The average molecular weight is 1040 g/mol. The van der Waals surface area contributed by atoms with Crippen LogP contribution in [0, 0.1) is 0 Å². The molecule has 2 fully saturated rings. The quantitative estimate of drug-likeness (QED) is 0.0543. The number of hydrogen-bond donors (Lipinski definition) is 5. The molecule has 2 aliphatic rings. The Morgan fingerprint density at radius 3 is 2.34 bits per heavy atom. The molecule has 6 aromatic rings. The number of amides is 1. The van der Waals surface area contributed by atoms with Crippen LogP contribution in [-0.2, 0) is 20.8 Å². The molecule has 0 saturated carbocycles. The number of benzene rings is 3. The molecule has 8 rings (SSSR count). The number of aliphatic hydroxyl groups excluding tert-OH is 2. The van der Waals surface area contributed by atoms with Crippen molar-refractivity contribution in [3.05, 3.63) is 106 Å². The zero-order chi connectivity index (χ0) is 53.7. The summed E-state index contributed by atoms with van der Waals surface area (Å²) in [5.74, 6) is 1.47. The fourth-order valence-electron chi connectivity index (χ4n) is 9.46. The van der Waals surface area contributed by atoms with E-state index in [-0.39, 0.29) is 30.2 Å². The monoisotopic (exact) mass is 1040 g/mol. The van der Waals surface area contributed by atoms with Crippen LogP contribution < -0.4 is 30.5 Å². The number of anilines is 3. The van der Waals surface area contributed by atoms with E-state index in [1.54, 1.807) is 7.05 Å². The Bertz CT molecular complexity index is 2730. The molecule has 0 spiro atoms. The smallest absolute Gasteiger partial charge is 0.242 e. The van der Waals surface area contributed by atoms with Gasteiger partial charge in [0.25, 0.3) is 0 Å². The van der Waals surface area contributed by atoms with E-state index in [0.29, 0.717) is 46.4 Å². The van der Waals surface area contributed by atoms with Crippen LogP contribution in [0.25, 0.3) is 26.7 Å². The Kier molecular flexibility index (Phi) is 24.0. The van der Waals surface area contributed by atoms with Crippen LogP contribution in [0.5, 0.6) is 5.75 Å². The highest BCUT2D eigenvalue weighted by atomic mass is 35.5. The van der Waals surface area contributed by atoms with E-state index in [4.69, 9.17) is 31.6 Å². The maximum Gasteiger partial charge on any atom is 0.242 e. The van der Waals surface area contributed by atoms with E-state index in [9.17, 15) is 24.0 Å². The van der Waals surface area contributed by atoms with Crippen molar-refractivity contribution in [2.24, 2.45) is 0 Å². The van der Waals surface area contributed by atoms with Gasteiger partial charge in [-0.25, -0.2) is 4.52 Å². The van der Waals surface area contributed by atoms with E-state index in [0.717, 1.165) is 122 Å². The molecule has 3 aromatic heterocycles. The van der Waals surface area contributed by atoms with Crippen LogP contribution in [0.1, 0.15) is 110 Å². The highest BCUT2D eigenvalue weighted by molar-refractivity contribution is 7.18. The van der Waals surface area contributed by atoms with Crippen molar-refractivity contribution in [2.45, 2.75) is 103 Å². The molecule has 17 heteroatoms. The third-order valence-corrected chi connectivity index (χ3v) is 14.5. The summed E-state index contributed by atoms with van der Waals surface area (Å²) in [5.41, 5.74) is 7.05. The van der Waals surface area contributed by atoms with Gasteiger partial charge in [-0.2, -0.15) is 5.10 Å². The molecule has 2 unspecified atom stereocenters. The van der Waals surface area contributed by atoms with Crippen LogP contribution in [0.2, 0.25) is 5.02 Å². The number of nitrogens with zero attached hydrogens (tertiary/aromatic N) is 4. The van der Waals surface area contributed by atoms with Crippen LogP contribution in [0.3, 0.4) is 0 Å². The Hall–Kier alpha value is -6.17. The molecule has 73 heavy (non-hydrogen) atoms. The summed E-state index contributed by atoms with van der Waals surface area (Å²) >= 11 is 7.71. The van der Waals surface area contributed by atoms with Gasteiger partial charge in [0.1, 0.15) is 28.8 Å². The maximum atomic E-state index is 12.7. The minimum Gasteiger partial charge on any atom is -0.483 e. The number of ether oxygens (including phenoxy) is 1. The first-order valence-corrected chi connectivity index (χ1v) is 26.1.